The summed E-state index contributed by atoms with van der Waals surface area (Å²) in [5, 5.41) is 0. The average molecular weight is 352 g/mol. The number of ether oxygens (including phenoxy) is 4. The Hall–Kier alpha value is -1.28. The second-order valence-electron chi connectivity index (χ2n) is 7.39. The molecule has 0 saturated carbocycles. The quantitative estimate of drug-likeness (QED) is 0.709. The van der Waals surface area contributed by atoms with E-state index in [2.05, 4.69) is 4.74 Å². The molecule has 1 fully saturated rings. The van der Waals surface area contributed by atoms with E-state index in [1.165, 1.54) is 0 Å². The molecule has 0 spiro atoms. The highest BCUT2D eigenvalue weighted by Crippen LogP contribution is 2.29. The lowest BCUT2D eigenvalue weighted by molar-refractivity contribution is -0.305. The Bertz CT molecular complexity index is 464. The molecule has 0 aromatic heterocycles. The van der Waals surface area contributed by atoms with E-state index in [0.717, 1.165) is 0 Å². The van der Waals surface area contributed by atoms with Crippen LogP contribution < -0.4 is 0 Å². The zero-order chi connectivity index (χ0) is 18.8. The Kier molecular flexibility index (Phi) is 6.32. The molecule has 0 aromatic carbocycles. The van der Waals surface area contributed by atoms with Gasteiger partial charge in [0, 0.05) is 13.3 Å². The topological polar surface area (TPSA) is 71.1 Å². The van der Waals surface area contributed by atoms with Gasteiger partial charge in [0.25, 0.3) is 0 Å². The molecule has 0 aromatic rings. The maximum absolute atomic E-state index is 12.8. The molecular formula is C16H26F2O6. The van der Waals surface area contributed by atoms with Gasteiger partial charge in [-0.05, 0) is 34.6 Å². The lowest BCUT2D eigenvalue weighted by atomic mass is 10.1. The largest absolute Gasteiger partial charge is 0.460 e. The summed E-state index contributed by atoms with van der Waals surface area (Å²) < 4.78 is 46.7. The summed E-state index contributed by atoms with van der Waals surface area (Å²) in [5.41, 5.74) is -0.612. The van der Waals surface area contributed by atoms with Gasteiger partial charge in [-0.1, -0.05) is 0 Å². The van der Waals surface area contributed by atoms with Crippen LogP contribution in [0.4, 0.5) is 8.78 Å². The molecule has 0 radical (unpaired) electrons. The highest BCUT2D eigenvalue weighted by atomic mass is 19.3. The first kappa shape index (κ1) is 20.8. The van der Waals surface area contributed by atoms with Gasteiger partial charge in [-0.3, -0.25) is 4.79 Å². The molecule has 2 atom stereocenters. The fraction of sp³-hybridized carbons (Fsp3) is 0.875. The highest BCUT2D eigenvalue weighted by Gasteiger charge is 2.39. The van der Waals surface area contributed by atoms with Crippen molar-refractivity contribution in [2.45, 2.75) is 83.9 Å². The molecule has 8 heteroatoms. The first-order valence-electron chi connectivity index (χ1n) is 7.80. The van der Waals surface area contributed by atoms with Gasteiger partial charge in [-0.15, -0.1) is 0 Å². The van der Waals surface area contributed by atoms with E-state index in [1.54, 1.807) is 34.6 Å². The predicted molar refractivity (Wildman–Crippen MR) is 80.5 cm³/mol. The summed E-state index contributed by atoms with van der Waals surface area (Å²) in [7, 11) is 0. The van der Waals surface area contributed by atoms with Crippen molar-refractivity contribution in [3.05, 3.63) is 0 Å². The summed E-state index contributed by atoms with van der Waals surface area (Å²) in [4.78, 5) is 23.1. The zero-order valence-electron chi connectivity index (χ0n) is 15.0. The zero-order valence-corrected chi connectivity index (χ0v) is 15.0. The number of carbonyl (C=O) groups is 2. The maximum Gasteiger partial charge on any atom is 0.376 e. The molecule has 140 valence electrons. The maximum atomic E-state index is 12.8. The van der Waals surface area contributed by atoms with Crippen molar-refractivity contribution < 1.29 is 37.3 Å². The highest BCUT2D eigenvalue weighted by molar-refractivity contribution is 5.76. The van der Waals surface area contributed by atoms with E-state index in [0.29, 0.717) is 6.92 Å². The monoisotopic (exact) mass is 352 g/mol. The van der Waals surface area contributed by atoms with E-state index >= 15 is 0 Å². The summed E-state index contributed by atoms with van der Waals surface area (Å²) in [6.45, 7) is 8.68. The van der Waals surface area contributed by atoms with Crippen molar-refractivity contribution in [2.24, 2.45) is 0 Å². The number of hydrogen-bond donors (Lipinski definition) is 0. The van der Waals surface area contributed by atoms with Gasteiger partial charge in [-0.2, -0.15) is 8.78 Å². The van der Waals surface area contributed by atoms with Crippen molar-refractivity contribution in [2.75, 3.05) is 6.61 Å². The lowest BCUT2D eigenvalue weighted by Crippen LogP contribution is -2.47. The van der Waals surface area contributed by atoms with Gasteiger partial charge in [0.15, 0.2) is 5.79 Å². The molecule has 1 rings (SSSR count). The molecule has 1 aliphatic rings. The van der Waals surface area contributed by atoms with Crippen LogP contribution in [0.15, 0.2) is 0 Å². The van der Waals surface area contributed by atoms with Crippen LogP contribution >= 0.6 is 0 Å². The third kappa shape index (κ3) is 7.53. The number of halogens is 2. The van der Waals surface area contributed by atoms with Crippen LogP contribution in [-0.2, 0) is 28.5 Å². The number of carbonyl (C=O) groups excluding carboxylic acids is 2. The number of alkyl halides is 2. The van der Waals surface area contributed by atoms with Gasteiger partial charge >= 0.3 is 17.9 Å². The van der Waals surface area contributed by atoms with Gasteiger partial charge in [0.2, 0.25) is 0 Å². The number of rotatable bonds is 5. The molecule has 0 bridgehead atoms. The fourth-order valence-electron chi connectivity index (χ4n) is 2.31. The van der Waals surface area contributed by atoms with Crippen molar-refractivity contribution in [3.63, 3.8) is 0 Å². The van der Waals surface area contributed by atoms with E-state index in [9.17, 15) is 18.4 Å². The minimum atomic E-state index is -3.56. The van der Waals surface area contributed by atoms with E-state index in [4.69, 9.17) is 14.2 Å². The van der Waals surface area contributed by atoms with Crippen LogP contribution in [0.25, 0.3) is 0 Å². The Morgan fingerprint density at radius 1 is 1.12 bits per heavy atom. The molecule has 24 heavy (non-hydrogen) atoms. The van der Waals surface area contributed by atoms with E-state index in [1.807, 2.05) is 0 Å². The summed E-state index contributed by atoms with van der Waals surface area (Å²) in [6, 6.07) is 0. The Morgan fingerprint density at radius 2 is 1.67 bits per heavy atom. The van der Waals surface area contributed by atoms with Crippen molar-refractivity contribution in [3.8, 4) is 0 Å². The molecule has 2 unspecified atom stereocenters. The van der Waals surface area contributed by atoms with Gasteiger partial charge in [0.05, 0.1) is 18.6 Å². The molecule has 0 amide bonds. The summed E-state index contributed by atoms with van der Waals surface area (Å²) >= 11 is 0. The van der Waals surface area contributed by atoms with Crippen LogP contribution in [0.3, 0.4) is 0 Å². The van der Waals surface area contributed by atoms with E-state index in [-0.39, 0.29) is 19.4 Å². The molecule has 1 heterocycles. The standard InChI is InChI=1S/C16H26F2O6/c1-14(2,3)24-12(19)8-10-7-11(23-15(4,5)22-10)9-21-13(20)16(6,17)18/h10-11H,7-9H2,1-6H3. The van der Waals surface area contributed by atoms with Crippen molar-refractivity contribution in [1.82, 2.24) is 0 Å². The molecular weight excluding hydrogens is 326 g/mol. The molecule has 0 aliphatic carbocycles. The van der Waals surface area contributed by atoms with Crippen LogP contribution in [-0.4, -0.2) is 48.1 Å². The first-order valence-corrected chi connectivity index (χ1v) is 7.80. The second kappa shape index (κ2) is 7.31. The van der Waals surface area contributed by atoms with Crippen LogP contribution in [0, 0.1) is 0 Å². The molecule has 6 nitrogen and oxygen atoms in total. The summed E-state index contributed by atoms with van der Waals surface area (Å²) in [5.74, 6) is -6.63. The van der Waals surface area contributed by atoms with Crippen LogP contribution in [0.2, 0.25) is 0 Å². The third-order valence-electron chi connectivity index (χ3n) is 3.00. The molecule has 1 aliphatic heterocycles. The normalized spacial score (nSPS) is 24.3. The van der Waals surface area contributed by atoms with E-state index < -0.39 is 41.5 Å². The lowest BCUT2D eigenvalue weighted by Gasteiger charge is -2.40. The minimum Gasteiger partial charge on any atom is -0.460 e. The van der Waals surface area contributed by atoms with Crippen LogP contribution in [0.1, 0.15) is 54.4 Å². The number of hydrogen-bond acceptors (Lipinski definition) is 6. The SMILES string of the molecule is CC(C)(C)OC(=O)CC1CC(COC(=O)C(C)(F)F)OC(C)(C)O1. The predicted octanol–water partition coefficient (Wildman–Crippen LogP) is 2.83. The fourth-order valence-corrected chi connectivity index (χ4v) is 2.31. The minimum absolute atomic E-state index is 0.00154. The Labute approximate surface area is 140 Å². The van der Waals surface area contributed by atoms with Crippen LogP contribution in [0.5, 0.6) is 0 Å². The van der Waals surface area contributed by atoms with Gasteiger partial charge in [-0.25, -0.2) is 4.79 Å². The third-order valence-corrected chi connectivity index (χ3v) is 3.00. The Morgan fingerprint density at radius 3 is 2.17 bits per heavy atom. The van der Waals surface area contributed by atoms with Gasteiger partial charge in [0.1, 0.15) is 12.2 Å². The Balaban J connectivity index is 2.60. The molecule has 0 N–H and O–H groups in total. The van der Waals surface area contributed by atoms with Gasteiger partial charge < -0.3 is 18.9 Å². The average Bonchev–Trinajstić information content (AvgIpc) is 2.29. The second-order valence-corrected chi connectivity index (χ2v) is 7.39. The summed E-state index contributed by atoms with van der Waals surface area (Å²) in [6.07, 6.45) is -0.939. The molecule has 1 saturated heterocycles. The van der Waals surface area contributed by atoms with Crippen molar-refractivity contribution >= 4 is 11.9 Å². The van der Waals surface area contributed by atoms with Crippen molar-refractivity contribution in [1.29, 1.82) is 0 Å². The smallest absolute Gasteiger partial charge is 0.376 e. The number of esters is 2. The first-order chi connectivity index (χ1) is 10.7.